The smallest absolute Gasteiger partial charge is 0.265 e. The molecule has 0 saturated heterocycles. The summed E-state index contributed by atoms with van der Waals surface area (Å²) in [7, 11) is 1.85. The zero-order valence-corrected chi connectivity index (χ0v) is 15.7. The van der Waals surface area contributed by atoms with Crippen LogP contribution >= 0.6 is 11.3 Å². The summed E-state index contributed by atoms with van der Waals surface area (Å²) in [5.41, 5.74) is 5.51. The fraction of sp³-hybridized carbons (Fsp3) is 0.300. The van der Waals surface area contributed by atoms with Crippen molar-refractivity contribution in [3.63, 3.8) is 0 Å². The van der Waals surface area contributed by atoms with Crippen molar-refractivity contribution in [3.8, 4) is 5.75 Å². The maximum atomic E-state index is 12.4. The molecule has 26 heavy (non-hydrogen) atoms. The number of rotatable bonds is 5. The number of anilines is 1. The number of fused-ring (bicyclic) bond motifs is 1. The van der Waals surface area contributed by atoms with E-state index in [-0.39, 0.29) is 5.91 Å². The highest BCUT2D eigenvalue weighted by Gasteiger charge is 2.14. The molecule has 1 aromatic carbocycles. The van der Waals surface area contributed by atoms with E-state index in [0.29, 0.717) is 11.5 Å². The summed E-state index contributed by atoms with van der Waals surface area (Å²) in [5.74, 6) is 0.781. The monoisotopic (exact) mass is 367 g/mol. The fourth-order valence-corrected chi connectivity index (χ4v) is 3.97. The van der Waals surface area contributed by atoms with Gasteiger partial charge in [-0.15, -0.1) is 11.3 Å². The number of aryl methyl sites for hydroxylation is 3. The van der Waals surface area contributed by atoms with Gasteiger partial charge in [0.15, 0.2) is 0 Å². The average Bonchev–Trinajstić information content (AvgIpc) is 3.36. The number of hydrogen-bond donors (Lipinski definition) is 1. The van der Waals surface area contributed by atoms with Crippen LogP contribution in [0.2, 0.25) is 0 Å². The van der Waals surface area contributed by atoms with E-state index < -0.39 is 0 Å². The van der Waals surface area contributed by atoms with Crippen molar-refractivity contribution in [1.82, 2.24) is 9.78 Å². The predicted molar refractivity (Wildman–Crippen MR) is 103 cm³/mol. The lowest BCUT2D eigenvalue weighted by Gasteiger charge is -2.07. The molecule has 134 valence electrons. The Hall–Kier alpha value is -2.60. The number of thiophene rings is 1. The maximum Gasteiger partial charge on any atom is 0.265 e. The van der Waals surface area contributed by atoms with Gasteiger partial charge in [-0.2, -0.15) is 5.10 Å². The molecule has 0 unspecified atom stereocenters. The fourth-order valence-electron chi connectivity index (χ4n) is 3.18. The van der Waals surface area contributed by atoms with E-state index in [0.717, 1.165) is 29.1 Å². The summed E-state index contributed by atoms with van der Waals surface area (Å²) >= 11 is 1.43. The van der Waals surface area contributed by atoms with Crippen LogP contribution in [0.4, 0.5) is 5.69 Å². The summed E-state index contributed by atoms with van der Waals surface area (Å²) in [6, 6.07) is 8.24. The van der Waals surface area contributed by atoms with E-state index in [1.165, 1.54) is 35.3 Å². The van der Waals surface area contributed by atoms with Crippen LogP contribution in [0, 0.1) is 6.92 Å². The van der Waals surface area contributed by atoms with Crippen molar-refractivity contribution in [1.29, 1.82) is 0 Å². The second kappa shape index (κ2) is 6.96. The topological polar surface area (TPSA) is 56.1 Å². The minimum atomic E-state index is -0.116. The van der Waals surface area contributed by atoms with Gasteiger partial charge in [-0.1, -0.05) is 6.07 Å². The van der Waals surface area contributed by atoms with Gasteiger partial charge in [0.05, 0.1) is 22.5 Å². The molecule has 6 heteroatoms. The van der Waals surface area contributed by atoms with Crippen molar-refractivity contribution in [2.24, 2.45) is 7.05 Å². The van der Waals surface area contributed by atoms with Crippen LogP contribution < -0.4 is 10.1 Å². The van der Waals surface area contributed by atoms with Crippen molar-refractivity contribution in [2.45, 2.75) is 32.8 Å². The Kier molecular flexibility index (Phi) is 4.51. The molecule has 3 aromatic rings. The largest absolute Gasteiger partial charge is 0.489 e. The lowest BCUT2D eigenvalue weighted by atomic mass is 10.1. The Morgan fingerprint density at radius 1 is 1.31 bits per heavy atom. The van der Waals surface area contributed by atoms with E-state index in [1.807, 2.05) is 31.5 Å². The molecule has 5 nitrogen and oxygen atoms in total. The van der Waals surface area contributed by atoms with E-state index in [9.17, 15) is 4.79 Å². The van der Waals surface area contributed by atoms with E-state index in [4.69, 9.17) is 4.74 Å². The third kappa shape index (κ3) is 3.37. The second-order valence-electron chi connectivity index (χ2n) is 6.61. The molecule has 1 N–H and O–H groups in total. The van der Waals surface area contributed by atoms with Gasteiger partial charge < -0.3 is 10.1 Å². The van der Waals surface area contributed by atoms with Gasteiger partial charge >= 0.3 is 0 Å². The number of aromatic nitrogens is 2. The number of nitrogens with one attached hydrogen (secondary N) is 1. The molecule has 0 fully saturated rings. The number of ether oxygens (including phenoxy) is 1. The molecule has 0 aliphatic heterocycles. The van der Waals surface area contributed by atoms with Gasteiger partial charge in [-0.3, -0.25) is 9.48 Å². The Balaban J connectivity index is 1.38. The molecular weight excluding hydrogens is 346 g/mol. The summed E-state index contributed by atoms with van der Waals surface area (Å²) in [6.45, 7) is 2.39. The van der Waals surface area contributed by atoms with Gasteiger partial charge in [0.1, 0.15) is 12.4 Å². The first-order chi connectivity index (χ1) is 12.6. The quantitative estimate of drug-likeness (QED) is 0.738. The number of nitrogens with zero attached hydrogens (tertiary/aromatic N) is 2. The molecular formula is C20H21N3O2S. The van der Waals surface area contributed by atoms with Gasteiger partial charge in [-0.25, -0.2) is 0 Å². The van der Waals surface area contributed by atoms with Crippen LogP contribution in [-0.4, -0.2) is 15.7 Å². The third-order valence-electron chi connectivity index (χ3n) is 4.84. The Morgan fingerprint density at radius 2 is 2.15 bits per heavy atom. The Bertz CT molecular complexity index is 958. The van der Waals surface area contributed by atoms with Gasteiger partial charge in [0.2, 0.25) is 0 Å². The van der Waals surface area contributed by atoms with Crippen LogP contribution in [-0.2, 0) is 26.5 Å². The average molecular weight is 367 g/mol. The molecule has 0 atom stereocenters. The van der Waals surface area contributed by atoms with E-state index in [1.54, 1.807) is 10.9 Å². The van der Waals surface area contributed by atoms with Crippen molar-refractivity contribution < 1.29 is 9.53 Å². The molecule has 1 amide bonds. The summed E-state index contributed by atoms with van der Waals surface area (Å²) in [6.07, 6.45) is 5.22. The lowest BCUT2D eigenvalue weighted by Crippen LogP contribution is -2.10. The van der Waals surface area contributed by atoms with Crippen LogP contribution in [0.25, 0.3) is 0 Å². The molecule has 2 heterocycles. The zero-order valence-electron chi connectivity index (χ0n) is 14.9. The van der Waals surface area contributed by atoms with Crippen molar-refractivity contribution in [2.75, 3.05) is 5.32 Å². The highest BCUT2D eigenvalue weighted by Crippen LogP contribution is 2.27. The highest BCUT2D eigenvalue weighted by molar-refractivity contribution is 7.12. The Labute approximate surface area is 156 Å². The standard InChI is InChI=1S/C20H21N3O2S/c1-13-18(10-21-23(13)2)22-20(24)19-8-14(12-26-19)11-25-17-7-6-15-4-3-5-16(15)9-17/h6-10,12H,3-5,11H2,1-2H3,(H,22,24). The van der Waals surface area contributed by atoms with Crippen molar-refractivity contribution >= 4 is 22.9 Å². The third-order valence-corrected chi connectivity index (χ3v) is 5.81. The molecule has 1 aliphatic rings. The number of carbonyl (C=O) groups is 1. The first kappa shape index (κ1) is 16.8. The summed E-state index contributed by atoms with van der Waals surface area (Å²) in [5, 5.41) is 9.02. The molecule has 0 spiro atoms. The normalized spacial score (nSPS) is 12.8. The number of carbonyl (C=O) groups excluding carboxylic acids is 1. The Morgan fingerprint density at radius 3 is 2.96 bits per heavy atom. The van der Waals surface area contributed by atoms with E-state index in [2.05, 4.69) is 22.5 Å². The van der Waals surface area contributed by atoms with Gasteiger partial charge in [0.25, 0.3) is 5.91 Å². The maximum absolute atomic E-state index is 12.4. The second-order valence-corrected chi connectivity index (χ2v) is 7.52. The minimum absolute atomic E-state index is 0.116. The first-order valence-corrected chi connectivity index (χ1v) is 9.60. The molecule has 0 bridgehead atoms. The molecule has 2 aromatic heterocycles. The molecule has 0 saturated carbocycles. The molecule has 1 aliphatic carbocycles. The van der Waals surface area contributed by atoms with E-state index >= 15 is 0 Å². The first-order valence-electron chi connectivity index (χ1n) is 8.72. The van der Waals surface area contributed by atoms with Crippen LogP contribution in [0.5, 0.6) is 5.75 Å². The zero-order chi connectivity index (χ0) is 18.1. The minimum Gasteiger partial charge on any atom is -0.489 e. The number of hydrogen-bond acceptors (Lipinski definition) is 4. The molecule has 0 radical (unpaired) electrons. The number of benzene rings is 1. The summed E-state index contributed by atoms with van der Waals surface area (Å²) in [4.78, 5) is 13.1. The van der Waals surface area contributed by atoms with Crippen LogP contribution in [0.15, 0.2) is 35.8 Å². The predicted octanol–water partition coefficient (Wildman–Crippen LogP) is 4.11. The van der Waals surface area contributed by atoms with Crippen molar-refractivity contribution in [3.05, 3.63) is 63.1 Å². The van der Waals surface area contributed by atoms with Gasteiger partial charge in [0, 0.05) is 12.6 Å². The summed E-state index contributed by atoms with van der Waals surface area (Å²) < 4.78 is 7.65. The van der Waals surface area contributed by atoms with Crippen LogP contribution in [0.1, 0.15) is 38.5 Å². The SMILES string of the molecule is Cc1c(NC(=O)c2cc(COc3ccc4c(c3)CCC4)cs2)cnn1C. The van der Waals surface area contributed by atoms with Gasteiger partial charge in [-0.05, 0) is 60.9 Å². The number of amides is 1. The lowest BCUT2D eigenvalue weighted by molar-refractivity contribution is 0.103. The highest BCUT2D eigenvalue weighted by atomic mass is 32.1. The van der Waals surface area contributed by atoms with Crippen LogP contribution in [0.3, 0.4) is 0 Å². The molecule has 4 rings (SSSR count).